The van der Waals surface area contributed by atoms with E-state index in [1.165, 1.54) is 11.3 Å². The Morgan fingerprint density at radius 2 is 1.97 bits per heavy atom. The van der Waals surface area contributed by atoms with Gasteiger partial charge in [0.15, 0.2) is 0 Å². The van der Waals surface area contributed by atoms with E-state index in [4.69, 9.17) is 21.6 Å². The van der Waals surface area contributed by atoms with Crippen LogP contribution in [0.1, 0.15) is 16.3 Å². The average Bonchev–Trinajstić information content (AvgIpc) is 3.49. The van der Waals surface area contributed by atoms with Gasteiger partial charge in [-0.3, -0.25) is 9.59 Å². The lowest BCUT2D eigenvalue weighted by atomic mass is 10.2. The zero-order valence-electron chi connectivity index (χ0n) is 17.4. The number of aromatic nitrogens is 1. The lowest BCUT2D eigenvalue weighted by molar-refractivity contribution is -0.135. The van der Waals surface area contributed by atoms with Crippen molar-refractivity contribution in [1.29, 1.82) is 5.26 Å². The molecule has 0 saturated carbocycles. The van der Waals surface area contributed by atoms with E-state index in [0.717, 1.165) is 5.01 Å². The van der Waals surface area contributed by atoms with Gasteiger partial charge in [-0.2, -0.15) is 5.26 Å². The molecular weight excluding hydrogens is 480 g/mol. The fourth-order valence-corrected chi connectivity index (χ4v) is 5.20. The number of benzene rings is 2. The van der Waals surface area contributed by atoms with Crippen LogP contribution >= 0.6 is 34.7 Å². The van der Waals surface area contributed by atoms with Gasteiger partial charge in [-0.1, -0.05) is 11.6 Å². The summed E-state index contributed by atoms with van der Waals surface area (Å²) in [5, 5.41) is 15.0. The highest BCUT2D eigenvalue weighted by molar-refractivity contribution is 7.99. The number of carbonyl (C=O) groups excluding carboxylic acids is 2. The molecule has 10 heteroatoms. The summed E-state index contributed by atoms with van der Waals surface area (Å²) in [5.74, 6) is 1.30. The number of nitriles is 1. The van der Waals surface area contributed by atoms with Crippen molar-refractivity contribution in [3.63, 3.8) is 0 Å². The minimum atomic E-state index is -0.551. The molecule has 3 aromatic rings. The molecule has 1 saturated heterocycles. The molecule has 1 N–H and O–H groups in total. The van der Waals surface area contributed by atoms with Crippen LogP contribution in [0.4, 0.5) is 5.69 Å². The summed E-state index contributed by atoms with van der Waals surface area (Å²) in [7, 11) is 0. The molecule has 2 aromatic carbocycles. The molecular formula is C23H19ClN4O3S2. The molecule has 4 rings (SSSR count). The number of carbonyl (C=O) groups is 2. The Hall–Kier alpha value is -3.06. The normalized spacial score (nSPS) is 15.2. The van der Waals surface area contributed by atoms with E-state index in [1.54, 1.807) is 65.2 Å². The van der Waals surface area contributed by atoms with Crippen LogP contribution in [-0.2, 0) is 22.6 Å². The number of thiazole rings is 1. The van der Waals surface area contributed by atoms with E-state index in [-0.39, 0.29) is 18.2 Å². The van der Waals surface area contributed by atoms with Crippen molar-refractivity contribution in [2.24, 2.45) is 0 Å². The third-order valence-electron chi connectivity index (χ3n) is 4.89. The van der Waals surface area contributed by atoms with Crippen LogP contribution in [0.15, 0.2) is 53.9 Å². The van der Waals surface area contributed by atoms with Crippen LogP contribution in [0.5, 0.6) is 5.75 Å². The summed E-state index contributed by atoms with van der Waals surface area (Å²) in [6, 6.07) is 15.2. The summed E-state index contributed by atoms with van der Waals surface area (Å²) >= 11 is 8.85. The predicted octanol–water partition coefficient (Wildman–Crippen LogP) is 4.33. The van der Waals surface area contributed by atoms with Gasteiger partial charge in [0.1, 0.15) is 23.4 Å². The first-order chi connectivity index (χ1) is 16.0. The van der Waals surface area contributed by atoms with Crippen LogP contribution < -0.4 is 10.1 Å². The first-order valence-electron chi connectivity index (χ1n) is 10.0. The number of nitrogens with zero attached hydrogens (tertiary/aromatic N) is 3. The maximum Gasteiger partial charge on any atom is 0.248 e. The maximum atomic E-state index is 12.9. The summed E-state index contributed by atoms with van der Waals surface area (Å²) in [4.78, 5) is 31.7. The van der Waals surface area contributed by atoms with Gasteiger partial charge in [0, 0.05) is 21.8 Å². The Morgan fingerprint density at radius 1 is 1.21 bits per heavy atom. The molecule has 1 aromatic heterocycles. The summed E-state index contributed by atoms with van der Waals surface area (Å²) in [6.45, 7) is 0.301. The van der Waals surface area contributed by atoms with Crippen molar-refractivity contribution in [2.75, 3.05) is 16.9 Å². The van der Waals surface area contributed by atoms with Crippen molar-refractivity contribution in [3.8, 4) is 11.8 Å². The van der Waals surface area contributed by atoms with Gasteiger partial charge in [0.05, 0.1) is 29.6 Å². The van der Waals surface area contributed by atoms with E-state index in [2.05, 4.69) is 10.3 Å². The number of anilines is 1. The lowest BCUT2D eigenvalue weighted by Crippen LogP contribution is -2.45. The minimum Gasteiger partial charge on any atom is -0.486 e. The van der Waals surface area contributed by atoms with Gasteiger partial charge in [0.25, 0.3) is 0 Å². The van der Waals surface area contributed by atoms with Gasteiger partial charge >= 0.3 is 0 Å². The number of hydrogen-bond acceptors (Lipinski definition) is 7. The molecule has 0 bridgehead atoms. The number of rotatable bonds is 7. The average molecular weight is 499 g/mol. The first kappa shape index (κ1) is 23.1. The van der Waals surface area contributed by atoms with Crippen LogP contribution in [0, 0.1) is 11.3 Å². The van der Waals surface area contributed by atoms with Crippen LogP contribution in [0.3, 0.4) is 0 Å². The van der Waals surface area contributed by atoms with Crippen molar-refractivity contribution in [1.82, 2.24) is 9.88 Å². The van der Waals surface area contributed by atoms with E-state index in [0.29, 0.717) is 46.0 Å². The fraction of sp³-hybridized carbons (Fsp3) is 0.217. The number of thioether (sulfide) groups is 1. The SMILES string of the molecule is N#Cc1ccc(NC(=O)C2CSCN2C(=O)Cc2csc(COc3ccc(Cl)cc3)n2)cc1. The summed E-state index contributed by atoms with van der Waals surface area (Å²) in [6.07, 6.45) is 0.124. The van der Waals surface area contributed by atoms with Crippen LogP contribution in [0.2, 0.25) is 5.02 Å². The lowest BCUT2D eigenvalue weighted by Gasteiger charge is -2.22. The second-order valence-electron chi connectivity index (χ2n) is 7.21. The zero-order chi connectivity index (χ0) is 23.2. The Bertz CT molecular complexity index is 1180. The van der Waals surface area contributed by atoms with Gasteiger partial charge in [-0.15, -0.1) is 23.1 Å². The molecule has 7 nitrogen and oxygen atoms in total. The second-order valence-corrected chi connectivity index (χ2v) is 9.59. The molecule has 1 unspecified atom stereocenters. The first-order valence-corrected chi connectivity index (χ1v) is 12.4. The van der Waals surface area contributed by atoms with Crippen molar-refractivity contribution >= 4 is 52.2 Å². The quantitative estimate of drug-likeness (QED) is 0.521. The zero-order valence-corrected chi connectivity index (χ0v) is 19.8. The van der Waals surface area contributed by atoms with Crippen molar-refractivity contribution in [3.05, 3.63) is 75.2 Å². The smallest absolute Gasteiger partial charge is 0.248 e. The highest BCUT2D eigenvalue weighted by atomic mass is 35.5. The Balaban J connectivity index is 1.32. The summed E-state index contributed by atoms with van der Waals surface area (Å²) in [5.41, 5.74) is 1.76. The highest BCUT2D eigenvalue weighted by Gasteiger charge is 2.34. The third-order valence-corrected chi connectivity index (χ3v) is 7.03. The molecule has 1 aliphatic heterocycles. The topological polar surface area (TPSA) is 95.3 Å². The van der Waals surface area contributed by atoms with E-state index < -0.39 is 6.04 Å². The molecule has 168 valence electrons. The number of ether oxygens (including phenoxy) is 1. The van der Waals surface area contributed by atoms with Gasteiger partial charge in [-0.05, 0) is 48.5 Å². The predicted molar refractivity (Wildman–Crippen MR) is 129 cm³/mol. The Labute approximate surface area is 204 Å². The monoisotopic (exact) mass is 498 g/mol. The highest BCUT2D eigenvalue weighted by Crippen LogP contribution is 2.24. The summed E-state index contributed by atoms with van der Waals surface area (Å²) < 4.78 is 5.70. The van der Waals surface area contributed by atoms with Crippen molar-refractivity contribution in [2.45, 2.75) is 19.1 Å². The van der Waals surface area contributed by atoms with Crippen LogP contribution in [-0.4, -0.2) is 39.4 Å². The Kier molecular flexibility index (Phi) is 7.50. The molecule has 0 spiro atoms. The molecule has 1 aliphatic rings. The largest absolute Gasteiger partial charge is 0.486 e. The Morgan fingerprint density at radius 3 is 2.70 bits per heavy atom. The molecule has 0 radical (unpaired) electrons. The van der Waals surface area contributed by atoms with Gasteiger partial charge in [0.2, 0.25) is 11.8 Å². The fourth-order valence-electron chi connectivity index (χ4n) is 3.19. The molecule has 1 fully saturated rings. The van der Waals surface area contributed by atoms with Gasteiger partial charge in [-0.25, -0.2) is 4.98 Å². The van der Waals surface area contributed by atoms with Crippen molar-refractivity contribution < 1.29 is 14.3 Å². The minimum absolute atomic E-state index is 0.124. The van der Waals surface area contributed by atoms with Gasteiger partial charge < -0.3 is 15.0 Å². The van der Waals surface area contributed by atoms with E-state index in [9.17, 15) is 9.59 Å². The molecule has 2 heterocycles. The number of hydrogen-bond donors (Lipinski definition) is 1. The molecule has 33 heavy (non-hydrogen) atoms. The number of halogens is 1. The molecule has 0 aliphatic carbocycles. The molecule has 1 atom stereocenters. The number of nitrogens with one attached hydrogen (secondary N) is 1. The molecule has 2 amide bonds. The van der Waals surface area contributed by atoms with E-state index >= 15 is 0 Å². The third kappa shape index (κ3) is 6.05. The van der Waals surface area contributed by atoms with Crippen LogP contribution in [0.25, 0.3) is 0 Å². The number of amides is 2. The maximum absolute atomic E-state index is 12.9. The standard InChI is InChI=1S/C23H19ClN4O3S2/c24-16-3-7-19(8-4-16)31-11-21-26-18(12-33-21)9-22(29)28-14-32-13-20(28)23(30)27-17-5-1-15(10-25)2-6-17/h1-8,12,20H,9,11,13-14H2,(H,27,30). The second kappa shape index (κ2) is 10.7. The van der Waals surface area contributed by atoms with E-state index in [1.807, 2.05) is 11.4 Å².